The van der Waals surface area contributed by atoms with Gasteiger partial charge in [0, 0.05) is 41.4 Å². The summed E-state index contributed by atoms with van der Waals surface area (Å²) < 4.78 is 34.5. The number of nitrogens with zero attached hydrogens (tertiary/aromatic N) is 2. The summed E-state index contributed by atoms with van der Waals surface area (Å²) in [5.41, 5.74) is 2.63. The standard InChI is InChI=1S/C22H19F2N3O2S/c1-29-16-8-5-14(6-9-16)20-12-27-15(13-30-22(27)26-20)7-10-21(28)25-11-17-18(23)3-2-4-19(17)24/h2-6,8-9,12-13H,7,10-11H2,1H3,(H,25,28). The van der Waals surface area contributed by atoms with Crippen LogP contribution in [0.1, 0.15) is 17.7 Å². The van der Waals surface area contributed by atoms with Gasteiger partial charge in [0.1, 0.15) is 17.4 Å². The molecule has 0 radical (unpaired) electrons. The summed E-state index contributed by atoms with van der Waals surface area (Å²) in [7, 11) is 1.62. The molecule has 154 valence electrons. The fourth-order valence-electron chi connectivity index (χ4n) is 3.13. The number of thiazole rings is 1. The molecule has 0 saturated heterocycles. The topological polar surface area (TPSA) is 55.6 Å². The Bertz CT molecular complexity index is 1160. The Kier molecular flexibility index (Phi) is 5.76. The van der Waals surface area contributed by atoms with Crippen LogP contribution in [0, 0.1) is 11.6 Å². The number of carbonyl (C=O) groups is 1. The molecule has 0 aliphatic heterocycles. The van der Waals surface area contributed by atoms with Crippen molar-refractivity contribution in [1.29, 1.82) is 0 Å². The number of nitrogens with one attached hydrogen (secondary N) is 1. The molecule has 1 N–H and O–H groups in total. The highest BCUT2D eigenvalue weighted by Crippen LogP contribution is 2.25. The van der Waals surface area contributed by atoms with Gasteiger partial charge in [-0.3, -0.25) is 9.20 Å². The molecule has 8 heteroatoms. The van der Waals surface area contributed by atoms with Gasteiger partial charge in [-0.05, 0) is 42.8 Å². The number of benzene rings is 2. The molecule has 2 heterocycles. The van der Waals surface area contributed by atoms with E-state index in [1.807, 2.05) is 40.2 Å². The van der Waals surface area contributed by atoms with Crippen LogP contribution in [0.25, 0.3) is 16.2 Å². The average Bonchev–Trinajstić information content (AvgIpc) is 3.33. The molecule has 1 amide bonds. The van der Waals surface area contributed by atoms with Gasteiger partial charge < -0.3 is 10.1 Å². The number of carbonyl (C=O) groups excluding carboxylic acids is 1. The third-order valence-electron chi connectivity index (χ3n) is 4.80. The molecule has 4 rings (SSSR count). The third kappa shape index (κ3) is 4.18. The van der Waals surface area contributed by atoms with Crippen LogP contribution in [0.4, 0.5) is 8.78 Å². The maximum Gasteiger partial charge on any atom is 0.220 e. The van der Waals surface area contributed by atoms with Crippen LogP contribution in [-0.2, 0) is 17.8 Å². The molecule has 30 heavy (non-hydrogen) atoms. The number of halogens is 2. The second kappa shape index (κ2) is 8.62. The van der Waals surface area contributed by atoms with Gasteiger partial charge >= 0.3 is 0 Å². The first-order valence-electron chi connectivity index (χ1n) is 9.34. The van der Waals surface area contributed by atoms with Crippen molar-refractivity contribution in [1.82, 2.24) is 14.7 Å². The fraction of sp³-hybridized carbons (Fsp3) is 0.182. The molecule has 0 aliphatic carbocycles. The maximum atomic E-state index is 13.7. The summed E-state index contributed by atoms with van der Waals surface area (Å²) >= 11 is 1.50. The Morgan fingerprint density at radius 2 is 1.90 bits per heavy atom. The van der Waals surface area contributed by atoms with Crippen molar-refractivity contribution in [3.63, 3.8) is 0 Å². The van der Waals surface area contributed by atoms with Crippen LogP contribution in [0.3, 0.4) is 0 Å². The van der Waals surface area contributed by atoms with Crippen molar-refractivity contribution in [3.05, 3.63) is 76.9 Å². The average molecular weight is 427 g/mol. The van der Waals surface area contributed by atoms with E-state index in [0.29, 0.717) is 6.42 Å². The van der Waals surface area contributed by atoms with E-state index in [1.165, 1.54) is 29.5 Å². The number of hydrogen-bond acceptors (Lipinski definition) is 4. The van der Waals surface area contributed by atoms with E-state index in [0.717, 1.165) is 27.7 Å². The summed E-state index contributed by atoms with van der Waals surface area (Å²) in [6.45, 7) is -0.177. The highest BCUT2D eigenvalue weighted by Gasteiger charge is 2.13. The number of amides is 1. The minimum Gasteiger partial charge on any atom is -0.497 e. The van der Waals surface area contributed by atoms with Gasteiger partial charge in [-0.15, -0.1) is 11.3 Å². The van der Waals surface area contributed by atoms with Crippen molar-refractivity contribution < 1.29 is 18.3 Å². The van der Waals surface area contributed by atoms with E-state index in [9.17, 15) is 13.6 Å². The van der Waals surface area contributed by atoms with Gasteiger partial charge in [0.25, 0.3) is 0 Å². The van der Waals surface area contributed by atoms with Crippen molar-refractivity contribution in [2.45, 2.75) is 19.4 Å². The van der Waals surface area contributed by atoms with Crippen LogP contribution in [0.5, 0.6) is 5.75 Å². The van der Waals surface area contributed by atoms with Crippen molar-refractivity contribution in [2.24, 2.45) is 0 Å². The van der Waals surface area contributed by atoms with E-state index in [-0.39, 0.29) is 24.4 Å². The number of aryl methyl sites for hydroxylation is 1. The Labute approximate surface area is 176 Å². The highest BCUT2D eigenvalue weighted by atomic mass is 32.1. The van der Waals surface area contributed by atoms with Gasteiger partial charge in [-0.25, -0.2) is 13.8 Å². The number of fused-ring (bicyclic) bond motifs is 1. The number of ether oxygens (including phenoxy) is 1. The number of rotatable bonds is 7. The molecule has 0 spiro atoms. The van der Waals surface area contributed by atoms with Gasteiger partial charge in [-0.2, -0.15) is 0 Å². The zero-order chi connectivity index (χ0) is 21.1. The van der Waals surface area contributed by atoms with Gasteiger partial charge in [0.05, 0.1) is 12.8 Å². The van der Waals surface area contributed by atoms with Gasteiger partial charge in [-0.1, -0.05) is 6.07 Å². The second-order valence-electron chi connectivity index (χ2n) is 6.71. The molecule has 0 fully saturated rings. The first-order valence-corrected chi connectivity index (χ1v) is 10.2. The minimum absolute atomic E-state index is 0.137. The molecule has 2 aromatic carbocycles. The zero-order valence-corrected chi connectivity index (χ0v) is 17.0. The lowest BCUT2D eigenvalue weighted by Crippen LogP contribution is -2.24. The molecule has 4 aromatic rings. The normalized spacial score (nSPS) is 11.0. The Morgan fingerprint density at radius 3 is 2.60 bits per heavy atom. The summed E-state index contributed by atoms with van der Waals surface area (Å²) in [5, 5.41) is 4.54. The molecule has 2 aromatic heterocycles. The van der Waals surface area contributed by atoms with Crippen molar-refractivity contribution in [2.75, 3.05) is 7.11 Å². The number of methoxy groups -OCH3 is 1. The summed E-state index contributed by atoms with van der Waals surface area (Å²) in [6.07, 6.45) is 2.64. The Morgan fingerprint density at radius 1 is 1.17 bits per heavy atom. The van der Waals surface area contributed by atoms with Crippen molar-refractivity contribution in [3.8, 4) is 17.0 Å². The maximum absolute atomic E-state index is 13.7. The van der Waals surface area contributed by atoms with E-state index < -0.39 is 11.6 Å². The molecule has 0 atom stereocenters. The van der Waals surface area contributed by atoms with Crippen LogP contribution >= 0.6 is 11.3 Å². The monoisotopic (exact) mass is 427 g/mol. The SMILES string of the molecule is COc1ccc(-c2cn3c(CCC(=O)NCc4c(F)cccc4F)csc3n2)cc1. The van der Waals surface area contributed by atoms with Crippen LogP contribution in [-0.4, -0.2) is 22.4 Å². The number of imidazole rings is 1. The van der Waals surface area contributed by atoms with Crippen LogP contribution in [0.2, 0.25) is 0 Å². The smallest absolute Gasteiger partial charge is 0.220 e. The molecular formula is C22H19F2N3O2S. The molecule has 0 unspecified atom stereocenters. The fourth-order valence-corrected chi connectivity index (χ4v) is 4.04. The Balaban J connectivity index is 1.40. The predicted molar refractivity (Wildman–Crippen MR) is 112 cm³/mol. The van der Waals surface area contributed by atoms with Gasteiger partial charge in [0.15, 0.2) is 4.96 Å². The minimum atomic E-state index is -0.667. The van der Waals surface area contributed by atoms with Crippen LogP contribution < -0.4 is 10.1 Å². The quantitative estimate of drug-likeness (QED) is 0.469. The number of hydrogen-bond donors (Lipinski definition) is 1. The Hall–Kier alpha value is -3.26. The molecule has 0 saturated carbocycles. The summed E-state index contributed by atoms with van der Waals surface area (Å²) in [5.74, 6) is -0.826. The summed E-state index contributed by atoms with van der Waals surface area (Å²) in [4.78, 5) is 17.6. The predicted octanol–water partition coefficient (Wildman–Crippen LogP) is 4.60. The van der Waals surface area contributed by atoms with Gasteiger partial charge in [0.2, 0.25) is 5.91 Å². The van der Waals surface area contributed by atoms with E-state index >= 15 is 0 Å². The molecule has 0 bridgehead atoms. The lowest BCUT2D eigenvalue weighted by Gasteiger charge is -2.07. The number of aromatic nitrogens is 2. The molecular weight excluding hydrogens is 408 g/mol. The highest BCUT2D eigenvalue weighted by molar-refractivity contribution is 7.15. The molecule has 5 nitrogen and oxygen atoms in total. The zero-order valence-electron chi connectivity index (χ0n) is 16.2. The van der Waals surface area contributed by atoms with E-state index in [1.54, 1.807) is 7.11 Å². The molecule has 0 aliphatic rings. The van der Waals surface area contributed by atoms with E-state index in [4.69, 9.17) is 4.74 Å². The lowest BCUT2D eigenvalue weighted by atomic mass is 10.1. The van der Waals surface area contributed by atoms with Crippen molar-refractivity contribution >= 4 is 22.2 Å². The second-order valence-corrected chi connectivity index (χ2v) is 7.55. The third-order valence-corrected chi connectivity index (χ3v) is 5.69. The van der Waals surface area contributed by atoms with E-state index in [2.05, 4.69) is 10.3 Å². The summed E-state index contributed by atoms with van der Waals surface area (Å²) in [6, 6.07) is 11.3. The largest absolute Gasteiger partial charge is 0.497 e. The lowest BCUT2D eigenvalue weighted by molar-refractivity contribution is -0.121. The van der Waals surface area contributed by atoms with Crippen LogP contribution in [0.15, 0.2) is 54.0 Å². The first-order chi connectivity index (χ1) is 14.5. The first kappa shape index (κ1) is 20.0.